The van der Waals surface area contributed by atoms with Crippen LogP contribution in [0.4, 0.5) is 8.78 Å². The fraction of sp³-hybridized carbons (Fsp3) is 0.320. The van der Waals surface area contributed by atoms with Gasteiger partial charge < -0.3 is 4.90 Å². The van der Waals surface area contributed by atoms with E-state index >= 15 is 8.78 Å². The van der Waals surface area contributed by atoms with Gasteiger partial charge in [-0.15, -0.1) is 0 Å². The van der Waals surface area contributed by atoms with Crippen LogP contribution >= 0.6 is 0 Å². The molecule has 32 heavy (non-hydrogen) atoms. The maximum absolute atomic E-state index is 15.6. The monoisotopic (exact) mass is 432 g/mol. The highest BCUT2D eigenvalue weighted by molar-refractivity contribution is 5.97. The van der Waals surface area contributed by atoms with Crippen molar-refractivity contribution in [3.05, 3.63) is 82.4 Å². The number of carbonyl (C=O) groups is 1. The minimum absolute atomic E-state index is 0.0716. The maximum atomic E-state index is 15.6. The Bertz CT molecular complexity index is 1220. The second kappa shape index (κ2) is 7.86. The molecule has 1 aliphatic heterocycles. The molecule has 1 amide bonds. The number of rotatable bonds is 3. The van der Waals surface area contributed by atoms with Gasteiger partial charge in [-0.1, -0.05) is 24.3 Å². The van der Waals surface area contributed by atoms with Crippen LogP contribution in [0.3, 0.4) is 0 Å². The normalized spacial score (nSPS) is 17.1. The van der Waals surface area contributed by atoms with Crippen molar-refractivity contribution in [2.45, 2.75) is 44.3 Å². The van der Waals surface area contributed by atoms with Gasteiger partial charge in [-0.2, -0.15) is 10.4 Å². The SMILES string of the molecule is N#Cc1ccc(C2(F)CCCC2)c(C(=O)N2CCc3nn(-c4ccccc4)cc3C2)c1F. The van der Waals surface area contributed by atoms with Crippen molar-refractivity contribution < 1.29 is 13.6 Å². The molecule has 0 spiro atoms. The van der Waals surface area contributed by atoms with Gasteiger partial charge in [-0.05, 0) is 43.9 Å². The van der Waals surface area contributed by atoms with Gasteiger partial charge in [-0.25, -0.2) is 13.5 Å². The van der Waals surface area contributed by atoms with Crippen LogP contribution in [0.15, 0.2) is 48.7 Å². The number of hydrogen-bond acceptors (Lipinski definition) is 3. The number of nitriles is 1. The Hall–Kier alpha value is -3.53. The first kappa shape index (κ1) is 20.4. The Morgan fingerprint density at radius 1 is 1.12 bits per heavy atom. The van der Waals surface area contributed by atoms with Gasteiger partial charge in [0.05, 0.1) is 22.5 Å². The van der Waals surface area contributed by atoms with Crippen molar-refractivity contribution in [2.75, 3.05) is 6.54 Å². The zero-order valence-electron chi connectivity index (χ0n) is 17.5. The van der Waals surface area contributed by atoms with Gasteiger partial charge in [0.2, 0.25) is 0 Å². The second-order valence-electron chi connectivity index (χ2n) is 8.49. The molecule has 1 fully saturated rings. The van der Waals surface area contributed by atoms with Crippen LogP contribution in [0.5, 0.6) is 0 Å². The first-order chi connectivity index (χ1) is 15.5. The molecular formula is C25H22F2N4O. The summed E-state index contributed by atoms with van der Waals surface area (Å²) in [4.78, 5) is 15.0. The van der Waals surface area contributed by atoms with Gasteiger partial charge in [0.1, 0.15) is 11.7 Å². The Morgan fingerprint density at radius 2 is 1.88 bits per heavy atom. The third kappa shape index (κ3) is 3.36. The number of nitrogens with zero attached hydrogens (tertiary/aromatic N) is 4. The highest BCUT2D eigenvalue weighted by Crippen LogP contribution is 2.44. The highest BCUT2D eigenvalue weighted by Gasteiger charge is 2.41. The van der Waals surface area contributed by atoms with Crippen LogP contribution in [-0.4, -0.2) is 27.1 Å². The van der Waals surface area contributed by atoms with Crippen LogP contribution in [0.1, 0.15) is 58.4 Å². The van der Waals surface area contributed by atoms with Crippen molar-refractivity contribution in [3.63, 3.8) is 0 Å². The van der Waals surface area contributed by atoms with Gasteiger partial charge >= 0.3 is 0 Å². The molecule has 2 aromatic carbocycles. The number of para-hydroxylation sites is 1. The first-order valence-corrected chi connectivity index (χ1v) is 10.8. The summed E-state index contributed by atoms with van der Waals surface area (Å²) < 4.78 is 32.6. The third-order valence-electron chi connectivity index (χ3n) is 6.52. The van der Waals surface area contributed by atoms with Crippen LogP contribution in [0, 0.1) is 17.1 Å². The fourth-order valence-electron chi connectivity index (χ4n) is 4.81. The summed E-state index contributed by atoms with van der Waals surface area (Å²) in [7, 11) is 0. The first-order valence-electron chi connectivity index (χ1n) is 10.8. The van der Waals surface area contributed by atoms with E-state index in [1.807, 2.05) is 36.5 Å². The summed E-state index contributed by atoms with van der Waals surface area (Å²) >= 11 is 0. The number of carbonyl (C=O) groups excluding carboxylic acids is 1. The van der Waals surface area contributed by atoms with Gasteiger partial charge in [-0.3, -0.25) is 4.79 Å². The smallest absolute Gasteiger partial charge is 0.257 e. The van der Waals surface area contributed by atoms with Crippen molar-refractivity contribution >= 4 is 5.91 Å². The van der Waals surface area contributed by atoms with Crippen molar-refractivity contribution in [1.82, 2.24) is 14.7 Å². The second-order valence-corrected chi connectivity index (χ2v) is 8.49. The van der Waals surface area contributed by atoms with E-state index in [-0.39, 0.29) is 36.1 Å². The lowest BCUT2D eigenvalue weighted by Crippen LogP contribution is -2.38. The molecule has 0 bridgehead atoms. The van der Waals surface area contributed by atoms with E-state index in [9.17, 15) is 10.1 Å². The van der Waals surface area contributed by atoms with Gasteiger partial charge in [0.25, 0.3) is 5.91 Å². The molecule has 2 heterocycles. The van der Waals surface area contributed by atoms with E-state index in [4.69, 9.17) is 0 Å². The summed E-state index contributed by atoms with van der Waals surface area (Å²) in [6.45, 7) is 0.614. The van der Waals surface area contributed by atoms with Crippen LogP contribution < -0.4 is 0 Å². The lowest BCUT2D eigenvalue weighted by Gasteiger charge is -2.29. The van der Waals surface area contributed by atoms with E-state index in [0.717, 1.165) is 16.9 Å². The van der Waals surface area contributed by atoms with E-state index in [2.05, 4.69) is 5.10 Å². The molecule has 0 atom stereocenters. The lowest BCUT2D eigenvalue weighted by molar-refractivity contribution is 0.0718. The Morgan fingerprint density at radius 3 is 2.59 bits per heavy atom. The van der Waals surface area contributed by atoms with E-state index in [0.29, 0.717) is 25.8 Å². The minimum atomic E-state index is -1.74. The highest BCUT2D eigenvalue weighted by atomic mass is 19.1. The molecule has 5 nitrogen and oxygen atoms in total. The van der Waals surface area contributed by atoms with E-state index in [1.54, 1.807) is 10.8 Å². The molecular weight excluding hydrogens is 410 g/mol. The molecule has 1 aromatic heterocycles. The molecule has 0 radical (unpaired) electrons. The molecule has 0 unspecified atom stereocenters. The Balaban J connectivity index is 1.49. The number of benzene rings is 2. The number of alkyl halides is 1. The van der Waals surface area contributed by atoms with Gasteiger partial charge in [0.15, 0.2) is 5.82 Å². The summed E-state index contributed by atoms with van der Waals surface area (Å²) in [5.41, 5.74) is 0.474. The summed E-state index contributed by atoms with van der Waals surface area (Å²) in [6, 6.07) is 14.1. The van der Waals surface area contributed by atoms with Crippen molar-refractivity contribution in [1.29, 1.82) is 5.26 Å². The fourth-order valence-corrected chi connectivity index (χ4v) is 4.81. The molecule has 3 aromatic rings. The lowest BCUT2D eigenvalue weighted by atomic mass is 9.87. The number of halogens is 2. The standard InChI is InChI=1S/C25H22F2N4O/c26-23-17(14-28)8-9-20(25(27)11-4-5-12-25)22(23)24(32)30-13-10-21-18(15-30)16-31(29-21)19-6-2-1-3-7-19/h1-3,6-9,16H,4-5,10-13,15H2. The molecule has 7 heteroatoms. The van der Waals surface area contributed by atoms with Crippen LogP contribution in [0.25, 0.3) is 5.69 Å². The Labute approximate surface area is 184 Å². The molecule has 1 saturated carbocycles. The maximum Gasteiger partial charge on any atom is 0.257 e. The van der Waals surface area contributed by atoms with E-state index < -0.39 is 17.4 Å². The summed E-state index contributed by atoms with van der Waals surface area (Å²) in [6.07, 6.45) is 4.30. The van der Waals surface area contributed by atoms with Crippen molar-refractivity contribution in [3.8, 4) is 11.8 Å². The molecule has 0 N–H and O–H groups in total. The zero-order valence-corrected chi connectivity index (χ0v) is 17.5. The predicted octanol–water partition coefficient (Wildman–Crippen LogP) is 4.82. The third-order valence-corrected chi connectivity index (χ3v) is 6.52. The number of hydrogen-bond donors (Lipinski definition) is 0. The molecule has 1 aliphatic carbocycles. The number of fused-ring (bicyclic) bond motifs is 1. The molecule has 2 aliphatic rings. The predicted molar refractivity (Wildman–Crippen MR) is 114 cm³/mol. The molecule has 5 rings (SSSR count). The minimum Gasteiger partial charge on any atom is -0.334 e. The van der Waals surface area contributed by atoms with Crippen LogP contribution in [-0.2, 0) is 18.6 Å². The van der Waals surface area contributed by atoms with Gasteiger partial charge in [0, 0.05) is 36.8 Å². The quantitative estimate of drug-likeness (QED) is 0.596. The molecule has 162 valence electrons. The summed E-state index contributed by atoms with van der Waals surface area (Å²) in [5, 5.41) is 13.9. The number of aromatic nitrogens is 2. The van der Waals surface area contributed by atoms with Crippen molar-refractivity contribution in [2.24, 2.45) is 0 Å². The average molecular weight is 432 g/mol. The number of amides is 1. The molecule has 0 saturated heterocycles. The summed E-state index contributed by atoms with van der Waals surface area (Å²) in [5.74, 6) is -1.50. The Kier molecular flexibility index (Phi) is 5.01. The largest absolute Gasteiger partial charge is 0.334 e. The zero-order chi connectivity index (χ0) is 22.3. The average Bonchev–Trinajstić information content (AvgIpc) is 3.45. The van der Waals surface area contributed by atoms with E-state index in [1.165, 1.54) is 17.0 Å². The topological polar surface area (TPSA) is 61.9 Å². The van der Waals surface area contributed by atoms with Crippen LogP contribution in [0.2, 0.25) is 0 Å².